The maximum absolute atomic E-state index is 6.54. The number of aromatic nitrogens is 2. The van der Waals surface area contributed by atoms with E-state index in [1.54, 1.807) is 0 Å². The van der Waals surface area contributed by atoms with Gasteiger partial charge in [0.1, 0.15) is 0 Å². The van der Waals surface area contributed by atoms with Gasteiger partial charge < -0.3 is 10.5 Å². The van der Waals surface area contributed by atoms with E-state index >= 15 is 0 Å². The van der Waals surface area contributed by atoms with Gasteiger partial charge in [-0.1, -0.05) is 6.92 Å². The lowest BCUT2D eigenvalue weighted by Crippen LogP contribution is -2.42. The average Bonchev–Trinajstić information content (AvgIpc) is 2.62. The van der Waals surface area contributed by atoms with Gasteiger partial charge in [0.25, 0.3) is 0 Å². The van der Waals surface area contributed by atoms with Crippen molar-refractivity contribution in [2.45, 2.75) is 58.0 Å². The molecular formula is C14H25N3O. The third-order valence-corrected chi connectivity index (χ3v) is 3.82. The fourth-order valence-electron chi connectivity index (χ4n) is 2.67. The van der Waals surface area contributed by atoms with Gasteiger partial charge in [-0.15, -0.1) is 0 Å². The minimum Gasteiger partial charge on any atom is -0.381 e. The lowest BCUT2D eigenvalue weighted by molar-refractivity contribution is 0.139. The molecular weight excluding hydrogens is 226 g/mol. The summed E-state index contributed by atoms with van der Waals surface area (Å²) in [5, 5.41) is 4.60. The van der Waals surface area contributed by atoms with Crippen LogP contribution in [0, 0.1) is 0 Å². The molecule has 18 heavy (non-hydrogen) atoms. The molecule has 1 saturated heterocycles. The van der Waals surface area contributed by atoms with Crippen molar-refractivity contribution in [2.24, 2.45) is 5.73 Å². The van der Waals surface area contributed by atoms with Crippen molar-refractivity contribution in [3.63, 3.8) is 0 Å². The first-order chi connectivity index (χ1) is 8.67. The van der Waals surface area contributed by atoms with Gasteiger partial charge >= 0.3 is 0 Å². The molecule has 0 aromatic carbocycles. The molecule has 2 heterocycles. The highest BCUT2D eigenvalue weighted by molar-refractivity contribution is 5.14. The molecule has 4 nitrogen and oxygen atoms in total. The van der Waals surface area contributed by atoms with Crippen molar-refractivity contribution < 1.29 is 4.74 Å². The average molecular weight is 251 g/mol. The van der Waals surface area contributed by atoms with Gasteiger partial charge in [-0.05, 0) is 38.7 Å². The van der Waals surface area contributed by atoms with E-state index in [9.17, 15) is 0 Å². The molecule has 1 aromatic rings. The first-order valence-corrected chi connectivity index (χ1v) is 7.09. The molecule has 0 radical (unpaired) electrons. The molecule has 4 heteroatoms. The van der Waals surface area contributed by atoms with E-state index < -0.39 is 0 Å². The molecule has 0 bridgehead atoms. The number of rotatable bonds is 4. The Balaban J connectivity index is 2.13. The van der Waals surface area contributed by atoms with E-state index in [1.165, 1.54) is 11.4 Å². The second kappa shape index (κ2) is 5.85. The Labute approximate surface area is 110 Å². The topological polar surface area (TPSA) is 53.1 Å². The molecule has 1 fully saturated rings. The van der Waals surface area contributed by atoms with Crippen molar-refractivity contribution in [1.82, 2.24) is 9.78 Å². The summed E-state index contributed by atoms with van der Waals surface area (Å²) >= 11 is 0. The highest BCUT2D eigenvalue weighted by atomic mass is 16.5. The zero-order valence-corrected chi connectivity index (χ0v) is 11.6. The normalized spacial score (nSPS) is 25.1. The highest BCUT2D eigenvalue weighted by Crippen LogP contribution is 2.23. The Kier molecular flexibility index (Phi) is 4.40. The van der Waals surface area contributed by atoms with Gasteiger partial charge in [-0.25, -0.2) is 0 Å². The van der Waals surface area contributed by atoms with E-state index in [-0.39, 0.29) is 5.54 Å². The van der Waals surface area contributed by atoms with E-state index in [1.807, 2.05) is 0 Å². The summed E-state index contributed by atoms with van der Waals surface area (Å²) in [4.78, 5) is 0. The quantitative estimate of drug-likeness (QED) is 0.889. The molecule has 0 amide bonds. The summed E-state index contributed by atoms with van der Waals surface area (Å²) in [7, 11) is 0. The second-order valence-corrected chi connectivity index (χ2v) is 5.30. The van der Waals surface area contributed by atoms with E-state index in [2.05, 4.69) is 29.7 Å². The van der Waals surface area contributed by atoms with Crippen LogP contribution in [0.15, 0.2) is 6.07 Å². The number of aryl methyl sites for hydroxylation is 2. The Bertz CT molecular complexity index is 378. The Hall–Kier alpha value is -0.870. The Morgan fingerprint density at radius 2 is 2.22 bits per heavy atom. The summed E-state index contributed by atoms with van der Waals surface area (Å²) in [5.41, 5.74) is 8.87. The third kappa shape index (κ3) is 3.12. The molecule has 1 aliphatic rings. The molecule has 0 aliphatic carbocycles. The predicted molar refractivity (Wildman–Crippen MR) is 72.6 cm³/mol. The van der Waals surface area contributed by atoms with Crippen molar-refractivity contribution in [2.75, 3.05) is 13.2 Å². The molecule has 2 rings (SSSR count). The lowest BCUT2D eigenvalue weighted by atomic mass is 9.87. The minimum atomic E-state index is -0.117. The fourth-order valence-corrected chi connectivity index (χ4v) is 2.67. The molecule has 1 aromatic heterocycles. The third-order valence-electron chi connectivity index (χ3n) is 3.82. The lowest BCUT2D eigenvalue weighted by Gasteiger charge is -2.27. The van der Waals surface area contributed by atoms with Gasteiger partial charge in [-0.3, -0.25) is 4.68 Å². The van der Waals surface area contributed by atoms with Crippen molar-refractivity contribution in [3.05, 3.63) is 17.5 Å². The van der Waals surface area contributed by atoms with Gasteiger partial charge in [0.05, 0.1) is 5.69 Å². The number of hydrogen-bond acceptors (Lipinski definition) is 3. The largest absolute Gasteiger partial charge is 0.381 e. The SMILES string of the molecule is CCc1cc(CC2(N)CCCOCC2)n(CC)n1. The number of ether oxygens (including phenoxy) is 1. The molecule has 1 aliphatic heterocycles. The highest BCUT2D eigenvalue weighted by Gasteiger charge is 2.28. The molecule has 2 N–H and O–H groups in total. The monoisotopic (exact) mass is 251 g/mol. The van der Waals surface area contributed by atoms with Crippen LogP contribution < -0.4 is 5.73 Å². The van der Waals surface area contributed by atoms with Crippen LogP contribution in [-0.4, -0.2) is 28.5 Å². The first-order valence-electron chi connectivity index (χ1n) is 7.09. The standard InChI is InChI=1S/C14H25N3O/c1-3-12-10-13(17(4-2)16-12)11-14(15)6-5-8-18-9-7-14/h10H,3-9,11,15H2,1-2H3. The summed E-state index contributed by atoms with van der Waals surface area (Å²) < 4.78 is 7.60. The maximum Gasteiger partial charge on any atom is 0.0624 e. The van der Waals surface area contributed by atoms with Gasteiger partial charge in [0, 0.05) is 37.4 Å². The number of nitrogens with zero attached hydrogens (tertiary/aromatic N) is 2. The van der Waals surface area contributed by atoms with E-state index in [0.717, 1.165) is 51.9 Å². The maximum atomic E-state index is 6.54. The molecule has 0 saturated carbocycles. The van der Waals surface area contributed by atoms with Crippen LogP contribution in [0.4, 0.5) is 0 Å². The molecule has 102 valence electrons. The van der Waals surface area contributed by atoms with Gasteiger partial charge in [-0.2, -0.15) is 5.10 Å². The van der Waals surface area contributed by atoms with Crippen molar-refractivity contribution in [1.29, 1.82) is 0 Å². The van der Waals surface area contributed by atoms with Crippen LogP contribution in [-0.2, 0) is 24.1 Å². The first kappa shape index (κ1) is 13.6. The zero-order valence-electron chi connectivity index (χ0n) is 11.6. The van der Waals surface area contributed by atoms with Gasteiger partial charge in [0.2, 0.25) is 0 Å². The van der Waals surface area contributed by atoms with Crippen LogP contribution in [0.25, 0.3) is 0 Å². The molecule has 1 unspecified atom stereocenters. The summed E-state index contributed by atoms with van der Waals surface area (Å²) in [6, 6.07) is 2.21. The zero-order chi connectivity index (χ0) is 13.0. The molecule has 0 spiro atoms. The van der Waals surface area contributed by atoms with E-state index in [4.69, 9.17) is 10.5 Å². The minimum absolute atomic E-state index is 0.117. The smallest absolute Gasteiger partial charge is 0.0624 e. The summed E-state index contributed by atoms with van der Waals surface area (Å²) in [6.45, 7) is 6.84. The molecule has 1 atom stereocenters. The Morgan fingerprint density at radius 3 is 2.94 bits per heavy atom. The Morgan fingerprint density at radius 1 is 1.39 bits per heavy atom. The van der Waals surface area contributed by atoms with Crippen LogP contribution in [0.1, 0.15) is 44.5 Å². The van der Waals surface area contributed by atoms with Crippen LogP contribution in [0.5, 0.6) is 0 Å². The van der Waals surface area contributed by atoms with E-state index in [0.29, 0.717) is 0 Å². The fraction of sp³-hybridized carbons (Fsp3) is 0.786. The predicted octanol–water partition coefficient (Wildman–Crippen LogP) is 1.91. The van der Waals surface area contributed by atoms with Crippen molar-refractivity contribution in [3.8, 4) is 0 Å². The van der Waals surface area contributed by atoms with Crippen LogP contribution in [0.2, 0.25) is 0 Å². The van der Waals surface area contributed by atoms with Crippen LogP contribution >= 0.6 is 0 Å². The summed E-state index contributed by atoms with van der Waals surface area (Å²) in [5.74, 6) is 0. The second-order valence-electron chi connectivity index (χ2n) is 5.30. The van der Waals surface area contributed by atoms with Crippen LogP contribution in [0.3, 0.4) is 0 Å². The number of nitrogens with two attached hydrogens (primary N) is 1. The number of hydrogen-bond donors (Lipinski definition) is 1. The summed E-state index contributed by atoms with van der Waals surface area (Å²) in [6.07, 6.45) is 4.96. The van der Waals surface area contributed by atoms with Crippen molar-refractivity contribution >= 4 is 0 Å². The van der Waals surface area contributed by atoms with Gasteiger partial charge in [0.15, 0.2) is 0 Å².